The van der Waals surface area contributed by atoms with Crippen LogP contribution >= 0.6 is 0 Å². The number of carbonyl (C=O) groups excluding carboxylic acids is 1. The van der Waals surface area contributed by atoms with Crippen molar-refractivity contribution in [2.45, 2.75) is 20.0 Å². The summed E-state index contributed by atoms with van der Waals surface area (Å²) in [6, 6.07) is 12.4. The molecule has 1 aromatic heterocycles. The molecule has 0 atom stereocenters. The Balaban J connectivity index is 2.00. The lowest BCUT2D eigenvalue weighted by atomic mass is 10.1. The molecule has 0 fully saturated rings. The zero-order chi connectivity index (χ0) is 21.3. The molecule has 0 unspecified atom stereocenters. The number of nitrogens with zero attached hydrogens (tertiary/aromatic N) is 1. The molecule has 150 valence electrons. The van der Waals surface area contributed by atoms with Gasteiger partial charge in [0.25, 0.3) is 5.91 Å². The molecule has 29 heavy (non-hydrogen) atoms. The molecule has 5 nitrogen and oxygen atoms in total. The van der Waals surface area contributed by atoms with E-state index in [1.807, 2.05) is 0 Å². The van der Waals surface area contributed by atoms with Crippen LogP contribution in [0.2, 0.25) is 0 Å². The third-order valence-corrected chi connectivity index (χ3v) is 4.49. The zero-order valence-electron chi connectivity index (χ0n) is 15.5. The zero-order valence-corrected chi connectivity index (χ0v) is 15.5. The van der Waals surface area contributed by atoms with Gasteiger partial charge in [-0.05, 0) is 50.2 Å². The predicted octanol–water partition coefficient (Wildman–Crippen LogP) is 5.06. The summed E-state index contributed by atoms with van der Waals surface area (Å²) < 4.78 is 41.6. The van der Waals surface area contributed by atoms with Crippen molar-refractivity contribution in [3.05, 3.63) is 82.7 Å². The summed E-state index contributed by atoms with van der Waals surface area (Å²) in [5.41, 5.74) is 0.405. The number of carboxylic acid groups (broad SMARTS) is 1. The van der Waals surface area contributed by atoms with E-state index in [1.165, 1.54) is 53.1 Å². The number of aromatic carboxylic acids is 1. The van der Waals surface area contributed by atoms with Crippen LogP contribution in [0, 0.1) is 13.8 Å². The smallest absolute Gasteiger partial charge is 0.418 e. The van der Waals surface area contributed by atoms with Gasteiger partial charge >= 0.3 is 12.1 Å². The molecule has 0 radical (unpaired) electrons. The maximum Gasteiger partial charge on any atom is 0.418 e. The van der Waals surface area contributed by atoms with Crippen LogP contribution < -0.4 is 5.32 Å². The minimum absolute atomic E-state index is 0.00683. The number of anilines is 1. The van der Waals surface area contributed by atoms with Gasteiger partial charge in [0, 0.05) is 17.1 Å². The summed E-state index contributed by atoms with van der Waals surface area (Å²) in [7, 11) is 0. The molecular weight excluding hydrogens is 385 g/mol. The van der Waals surface area contributed by atoms with Crippen molar-refractivity contribution in [3.8, 4) is 5.69 Å². The quantitative estimate of drug-likeness (QED) is 0.641. The topological polar surface area (TPSA) is 71.3 Å². The number of halogens is 3. The summed E-state index contributed by atoms with van der Waals surface area (Å²) in [5.74, 6) is -1.68. The molecule has 1 heterocycles. The van der Waals surface area contributed by atoms with Crippen molar-refractivity contribution < 1.29 is 27.9 Å². The van der Waals surface area contributed by atoms with Crippen molar-refractivity contribution in [2.24, 2.45) is 0 Å². The predicted molar refractivity (Wildman–Crippen MR) is 102 cm³/mol. The SMILES string of the molecule is Cc1cc(C(=O)Nc2cccc(C(=O)O)c2)c(C)n1-c1ccccc1C(F)(F)F. The van der Waals surface area contributed by atoms with E-state index in [1.54, 1.807) is 13.8 Å². The van der Waals surface area contributed by atoms with Crippen LogP contribution in [0.5, 0.6) is 0 Å². The Labute approximate surface area is 164 Å². The third-order valence-electron chi connectivity index (χ3n) is 4.49. The number of aryl methyl sites for hydroxylation is 1. The molecule has 8 heteroatoms. The fourth-order valence-corrected chi connectivity index (χ4v) is 3.20. The highest BCUT2D eigenvalue weighted by Gasteiger charge is 2.34. The minimum atomic E-state index is -4.54. The van der Waals surface area contributed by atoms with E-state index in [2.05, 4.69) is 5.32 Å². The second kappa shape index (κ2) is 7.46. The van der Waals surface area contributed by atoms with Crippen LogP contribution in [-0.2, 0) is 6.18 Å². The van der Waals surface area contributed by atoms with E-state index in [0.717, 1.165) is 6.07 Å². The van der Waals surface area contributed by atoms with Gasteiger partial charge in [0.2, 0.25) is 0 Å². The Hall–Kier alpha value is -3.55. The molecule has 0 spiro atoms. The maximum absolute atomic E-state index is 13.4. The molecule has 1 amide bonds. The van der Waals surface area contributed by atoms with Gasteiger partial charge < -0.3 is 15.0 Å². The van der Waals surface area contributed by atoms with Gasteiger partial charge in [0.15, 0.2) is 0 Å². The van der Waals surface area contributed by atoms with E-state index >= 15 is 0 Å². The number of rotatable bonds is 4. The monoisotopic (exact) mass is 402 g/mol. The summed E-state index contributed by atoms with van der Waals surface area (Å²) in [6.45, 7) is 3.17. The Kier molecular flexibility index (Phi) is 5.19. The Bertz CT molecular complexity index is 1100. The van der Waals surface area contributed by atoms with E-state index in [-0.39, 0.29) is 22.5 Å². The fourth-order valence-electron chi connectivity index (χ4n) is 3.20. The first-order valence-corrected chi connectivity index (χ1v) is 8.60. The highest BCUT2D eigenvalue weighted by molar-refractivity contribution is 6.06. The molecule has 0 aliphatic carbocycles. The van der Waals surface area contributed by atoms with Gasteiger partial charge in [-0.2, -0.15) is 13.2 Å². The van der Waals surface area contributed by atoms with E-state index in [0.29, 0.717) is 11.4 Å². The van der Waals surface area contributed by atoms with Gasteiger partial charge in [-0.3, -0.25) is 4.79 Å². The first-order chi connectivity index (χ1) is 13.6. The molecule has 2 N–H and O–H groups in total. The standard InChI is InChI=1S/C21H17F3N2O3/c1-12-10-16(19(27)25-15-7-5-6-14(11-15)20(28)29)13(2)26(12)18-9-4-3-8-17(18)21(22,23)24/h3-11H,1-2H3,(H,25,27)(H,28,29). The summed E-state index contributed by atoms with van der Waals surface area (Å²) in [5, 5.41) is 11.6. The van der Waals surface area contributed by atoms with Crippen LogP contribution in [0.4, 0.5) is 18.9 Å². The number of hydrogen-bond acceptors (Lipinski definition) is 2. The fraction of sp³-hybridized carbons (Fsp3) is 0.143. The average molecular weight is 402 g/mol. The number of nitrogens with one attached hydrogen (secondary N) is 1. The normalized spacial score (nSPS) is 11.3. The van der Waals surface area contributed by atoms with Gasteiger partial charge in [0.1, 0.15) is 0 Å². The number of aromatic nitrogens is 1. The number of hydrogen-bond donors (Lipinski definition) is 2. The number of para-hydroxylation sites is 1. The first-order valence-electron chi connectivity index (χ1n) is 8.60. The van der Waals surface area contributed by atoms with Crippen molar-refractivity contribution in [3.63, 3.8) is 0 Å². The molecule has 0 aliphatic heterocycles. The van der Waals surface area contributed by atoms with Crippen LogP contribution in [0.3, 0.4) is 0 Å². The largest absolute Gasteiger partial charge is 0.478 e. The maximum atomic E-state index is 13.4. The highest BCUT2D eigenvalue weighted by atomic mass is 19.4. The molecule has 0 saturated carbocycles. The number of amides is 1. The molecule has 0 bridgehead atoms. The van der Waals surface area contributed by atoms with Gasteiger partial charge in [-0.25, -0.2) is 4.79 Å². The third kappa shape index (κ3) is 4.01. The Morgan fingerprint density at radius 3 is 2.34 bits per heavy atom. The van der Waals surface area contributed by atoms with Crippen LogP contribution in [0.1, 0.15) is 37.7 Å². The van der Waals surface area contributed by atoms with Crippen LogP contribution in [-0.4, -0.2) is 21.6 Å². The van der Waals surface area contributed by atoms with Crippen LogP contribution in [0.25, 0.3) is 5.69 Å². The number of carboxylic acids is 1. The molecule has 0 aliphatic rings. The lowest BCUT2D eigenvalue weighted by molar-refractivity contribution is -0.137. The minimum Gasteiger partial charge on any atom is -0.478 e. The second-order valence-electron chi connectivity index (χ2n) is 6.48. The second-order valence-corrected chi connectivity index (χ2v) is 6.48. The molecule has 3 aromatic rings. The van der Waals surface area contributed by atoms with Crippen LogP contribution in [0.15, 0.2) is 54.6 Å². The molecule has 3 rings (SSSR count). The highest BCUT2D eigenvalue weighted by Crippen LogP contribution is 2.35. The summed E-state index contributed by atoms with van der Waals surface area (Å²) in [4.78, 5) is 23.8. The first kappa shape index (κ1) is 20.2. The van der Waals surface area contributed by atoms with Gasteiger partial charge in [-0.1, -0.05) is 18.2 Å². The molecule has 2 aromatic carbocycles. The van der Waals surface area contributed by atoms with Crippen molar-refractivity contribution in [1.29, 1.82) is 0 Å². The Morgan fingerprint density at radius 1 is 1.00 bits per heavy atom. The van der Waals surface area contributed by atoms with Gasteiger partial charge in [0.05, 0.1) is 22.4 Å². The van der Waals surface area contributed by atoms with E-state index < -0.39 is 23.6 Å². The summed E-state index contributed by atoms with van der Waals surface area (Å²) in [6.07, 6.45) is -4.54. The van der Waals surface area contributed by atoms with Gasteiger partial charge in [-0.15, -0.1) is 0 Å². The average Bonchev–Trinajstić information content (AvgIpc) is 2.95. The van der Waals surface area contributed by atoms with Crippen molar-refractivity contribution >= 4 is 17.6 Å². The number of benzene rings is 2. The number of carbonyl (C=O) groups is 2. The van der Waals surface area contributed by atoms with Crippen molar-refractivity contribution in [2.75, 3.05) is 5.32 Å². The lowest BCUT2D eigenvalue weighted by Gasteiger charge is -2.16. The summed E-state index contributed by atoms with van der Waals surface area (Å²) >= 11 is 0. The van der Waals surface area contributed by atoms with E-state index in [9.17, 15) is 22.8 Å². The number of alkyl halides is 3. The van der Waals surface area contributed by atoms with E-state index in [4.69, 9.17) is 5.11 Å². The Morgan fingerprint density at radius 2 is 1.69 bits per heavy atom. The molecular formula is C21H17F3N2O3. The lowest BCUT2D eigenvalue weighted by Crippen LogP contribution is -2.15. The van der Waals surface area contributed by atoms with Crippen molar-refractivity contribution in [1.82, 2.24) is 4.57 Å². The molecule has 0 saturated heterocycles.